The molecule has 1 heterocycles. The van der Waals surface area contributed by atoms with Gasteiger partial charge in [0, 0.05) is 0 Å². The first-order valence-corrected chi connectivity index (χ1v) is 4.48. The van der Waals surface area contributed by atoms with Crippen molar-refractivity contribution in [1.29, 1.82) is 0 Å². The van der Waals surface area contributed by atoms with E-state index in [0.29, 0.717) is 6.61 Å². The Hall–Kier alpha value is -0.0900. The molecule has 0 unspecified atom stereocenters. The van der Waals surface area contributed by atoms with Gasteiger partial charge < -0.3 is 10.1 Å². The van der Waals surface area contributed by atoms with E-state index in [9.17, 15) is 4.79 Å². The molecular weight excluding hydrogens is 234 g/mol. The lowest BCUT2D eigenvalue weighted by molar-refractivity contribution is -0.147. The highest BCUT2D eigenvalue weighted by Gasteiger charge is 2.39. The van der Waals surface area contributed by atoms with Crippen LogP contribution in [0.15, 0.2) is 0 Å². The molecule has 0 aromatic rings. The second-order valence-electron chi connectivity index (χ2n) is 3.88. The van der Waals surface area contributed by atoms with Crippen molar-refractivity contribution in [1.82, 2.24) is 5.32 Å². The van der Waals surface area contributed by atoms with Gasteiger partial charge in [-0.3, -0.25) is 4.79 Å². The van der Waals surface area contributed by atoms with Gasteiger partial charge in [0.2, 0.25) is 0 Å². The number of halogens is 1. The van der Waals surface area contributed by atoms with Gasteiger partial charge in [-0.25, -0.2) is 0 Å². The van der Waals surface area contributed by atoms with Crippen molar-refractivity contribution >= 4 is 23.0 Å². The fourth-order valence-electron chi connectivity index (χ4n) is 1.59. The van der Waals surface area contributed by atoms with Crippen LogP contribution in [0.5, 0.6) is 0 Å². The van der Waals surface area contributed by atoms with E-state index in [-0.39, 0.29) is 34.4 Å². The maximum Gasteiger partial charge on any atom is 0.323 e. The van der Waals surface area contributed by atoms with Crippen molar-refractivity contribution in [3.63, 3.8) is 0 Å². The summed E-state index contributed by atoms with van der Waals surface area (Å²) in [5.74, 6) is -0.111. The standard InChI is InChI=1S/C9H17NO2.BrH/c1-4-12-8(11)7-9(2,3)5-6-10-7;/h7,10H,4-6H2,1-3H3;1H/t7-;/m1./s1. The first-order valence-electron chi connectivity index (χ1n) is 4.48. The summed E-state index contributed by atoms with van der Waals surface area (Å²) in [4.78, 5) is 11.4. The van der Waals surface area contributed by atoms with E-state index in [1.54, 1.807) is 0 Å². The van der Waals surface area contributed by atoms with Crippen LogP contribution in [0.3, 0.4) is 0 Å². The molecular formula is C9H18BrNO2. The summed E-state index contributed by atoms with van der Waals surface area (Å²) < 4.78 is 4.96. The third-order valence-corrected chi connectivity index (χ3v) is 2.42. The van der Waals surface area contributed by atoms with E-state index in [2.05, 4.69) is 19.2 Å². The van der Waals surface area contributed by atoms with Crippen LogP contribution >= 0.6 is 17.0 Å². The third-order valence-electron chi connectivity index (χ3n) is 2.42. The summed E-state index contributed by atoms with van der Waals surface area (Å²) in [7, 11) is 0. The van der Waals surface area contributed by atoms with Gasteiger partial charge in [0.25, 0.3) is 0 Å². The zero-order valence-corrected chi connectivity index (χ0v) is 10.1. The number of esters is 1. The van der Waals surface area contributed by atoms with Crippen molar-refractivity contribution in [3.8, 4) is 0 Å². The van der Waals surface area contributed by atoms with E-state index < -0.39 is 0 Å². The molecule has 3 nitrogen and oxygen atoms in total. The predicted molar refractivity (Wildman–Crippen MR) is 57.1 cm³/mol. The Labute approximate surface area is 90.0 Å². The molecule has 4 heteroatoms. The molecule has 1 N–H and O–H groups in total. The van der Waals surface area contributed by atoms with Gasteiger partial charge in [0.05, 0.1) is 6.61 Å². The number of hydrogen-bond donors (Lipinski definition) is 1. The summed E-state index contributed by atoms with van der Waals surface area (Å²) in [5.41, 5.74) is 0.0479. The zero-order chi connectivity index (χ0) is 9.19. The molecule has 0 aromatic carbocycles. The molecule has 1 fully saturated rings. The van der Waals surface area contributed by atoms with E-state index in [4.69, 9.17) is 4.74 Å². The number of carbonyl (C=O) groups excluding carboxylic acids is 1. The van der Waals surface area contributed by atoms with Gasteiger partial charge in [-0.05, 0) is 25.3 Å². The van der Waals surface area contributed by atoms with E-state index in [1.807, 2.05) is 6.92 Å². The number of nitrogens with one attached hydrogen (secondary N) is 1. The maximum absolute atomic E-state index is 11.4. The molecule has 13 heavy (non-hydrogen) atoms. The molecule has 1 aliphatic rings. The van der Waals surface area contributed by atoms with Crippen molar-refractivity contribution in [2.75, 3.05) is 13.2 Å². The topological polar surface area (TPSA) is 38.3 Å². The molecule has 1 saturated heterocycles. The molecule has 0 spiro atoms. The average molecular weight is 252 g/mol. The van der Waals surface area contributed by atoms with Gasteiger partial charge in [0.15, 0.2) is 0 Å². The summed E-state index contributed by atoms with van der Waals surface area (Å²) in [6.45, 7) is 7.40. The van der Waals surface area contributed by atoms with E-state index in [1.165, 1.54) is 0 Å². The van der Waals surface area contributed by atoms with Crippen LogP contribution in [0.4, 0.5) is 0 Å². The Kier molecular flexibility index (Phi) is 4.92. The van der Waals surface area contributed by atoms with Crippen molar-refractivity contribution in [3.05, 3.63) is 0 Å². The fraction of sp³-hybridized carbons (Fsp3) is 0.889. The third kappa shape index (κ3) is 2.95. The molecule has 78 valence electrons. The summed E-state index contributed by atoms with van der Waals surface area (Å²) in [6.07, 6.45) is 1.04. The maximum atomic E-state index is 11.4. The summed E-state index contributed by atoms with van der Waals surface area (Å²) in [5, 5.41) is 3.16. The minimum Gasteiger partial charge on any atom is -0.465 e. The highest BCUT2D eigenvalue weighted by molar-refractivity contribution is 8.93. The van der Waals surface area contributed by atoms with Gasteiger partial charge in [-0.1, -0.05) is 13.8 Å². The molecule has 0 radical (unpaired) electrons. The Bertz CT molecular complexity index is 182. The smallest absolute Gasteiger partial charge is 0.323 e. The van der Waals surface area contributed by atoms with Crippen LogP contribution < -0.4 is 5.32 Å². The predicted octanol–water partition coefficient (Wildman–Crippen LogP) is 1.52. The van der Waals surface area contributed by atoms with E-state index in [0.717, 1.165) is 13.0 Å². The molecule has 1 aliphatic heterocycles. The Balaban J connectivity index is 0.00000144. The van der Waals surface area contributed by atoms with E-state index >= 15 is 0 Å². The van der Waals surface area contributed by atoms with Crippen LogP contribution in [0.2, 0.25) is 0 Å². The highest BCUT2D eigenvalue weighted by atomic mass is 79.9. The molecule has 0 saturated carbocycles. The largest absolute Gasteiger partial charge is 0.465 e. The van der Waals surface area contributed by atoms with Crippen LogP contribution in [-0.4, -0.2) is 25.2 Å². The zero-order valence-electron chi connectivity index (χ0n) is 8.42. The average Bonchev–Trinajstić information content (AvgIpc) is 2.30. The Morgan fingerprint density at radius 3 is 2.62 bits per heavy atom. The SMILES string of the molecule is Br.CCOC(=O)[C@H]1NCCC1(C)C. The van der Waals surface area contributed by atoms with Crippen LogP contribution in [0.1, 0.15) is 27.2 Å². The number of carbonyl (C=O) groups is 1. The number of ether oxygens (including phenoxy) is 1. The molecule has 1 atom stereocenters. The molecule has 0 aliphatic carbocycles. The Morgan fingerprint density at radius 2 is 2.23 bits per heavy atom. The monoisotopic (exact) mass is 251 g/mol. The minimum absolute atomic E-state index is 0. The molecule has 0 amide bonds. The second kappa shape index (κ2) is 4.96. The van der Waals surface area contributed by atoms with Gasteiger partial charge in [0.1, 0.15) is 6.04 Å². The fourth-order valence-corrected chi connectivity index (χ4v) is 1.59. The minimum atomic E-state index is -0.113. The van der Waals surface area contributed by atoms with Crippen molar-refractivity contribution < 1.29 is 9.53 Å². The first kappa shape index (κ1) is 12.9. The lowest BCUT2D eigenvalue weighted by Crippen LogP contribution is -2.41. The van der Waals surface area contributed by atoms with Crippen LogP contribution in [-0.2, 0) is 9.53 Å². The lowest BCUT2D eigenvalue weighted by Gasteiger charge is -2.24. The Morgan fingerprint density at radius 1 is 1.62 bits per heavy atom. The van der Waals surface area contributed by atoms with Crippen molar-refractivity contribution in [2.45, 2.75) is 33.2 Å². The summed E-state index contributed by atoms with van der Waals surface area (Å²) >= 11 is 0. The van der Waals surface area contributed by atoms with Crippen LogP contribution in [0.25, 0.3) is 0 Å². The number of rotatable bonds is 2. The van der Waals surface area contributed by atoms with Crippen LogP contribution in [0, 0.1) is 5.41 Å². The molecule has 0 aromatic heterocycles. The quantitative estimate of drug-likeness (QED) is 0.757. The van der Waals surface area contributed by atoms with Gasteiger partial charge >= 0.3 is 5.97 Å². The summed E-state index contributed by atoms with van der Waals surface area (Å²) in [6, 6.07) is -0.113. The second-order valence-corrected chi connectivity index (χ2v) is 3.88. The van der Waals surface area contributed by atoms with Crippen molar-refractivity contribution in [2.24, 2.45) is 5.41 Å². The lowest BCUT2D eigenvalue weighted by atomic mass is 9.85. The normalized spacial score (nSPS) is 25.0. The number of hydrogen-bond acceptors (Lipinski definition) is 3. The first-order chi connectivity index (χ1) is 5.58. The molecule has 1 rings (SSSR count). The highest BCUT2D eigenvalue weighted by Crippen LogP contribution is 2.30. The van der Waals surface area contributed by atoms with Gasteiger partial charge in [-0.15, -0.1) is 17.0 Å². The van der Waals surface area contributed by atoms with Gasteiger partial charge in [-0.2, -0.15) is 0 Å². The molecule has 0 bridgehead atoms.